The van der Waals surface area contributed by atoms with Crippen molar-refractivity contribution in [1.82, 2.24) is 14.9 Å². The van der Waals surface area contributed by atoms with Crippen LogP contribution in [0.15, 0.2) is 54.9 Å². The first-order chi connectivity index (χ1) is 20.2. The molecule has 4 rings (SSSR count). The average Bonchev–Trinajstić information content (AvgIpc) is 3.42. The van der Waals surface area contributed by atoms with Crippen LogP contribution in [-0.4, -0.2) is 57.3 Å². The first-order valence-corrected chi connectivity index (χ1v) is 13.7. The van der Waals surface area contributed by atoms with Crippen molar-refractivity contribution in [2.24, 2.45) is 0 Å². The number of alkyl halides is 3. The van der Waals surface area contributed by atoms with E-state index >= 15 is 0 Å². The monoisotopic (exact) mass is 599 g/mol. The molecule has 1 atom stereocenters. The summed E-state index contributed by atoms with van der Waals surface area (Å²) in [6, 6.07) is 10.2. The Labute approximate surface area is 248 Å². The van der Waals surface area contributed by atoms with Crippen molar-refractivity contribution in [2.45, 2.75) is 58.9 Å². The lowest BCUT2D eigenvalue weighted by Gasteiger charge is -2.24. The number of amides is 2. The maximum atomic E-state index is 13.0. The molecular weight excluding hydrogens is 563 g/mol. The van der Waals surface area contributed by atoms with E-state index in [1.807, 2.05) is 13.8 Å². The second-order valence-electron chi connectivity index (χ2n) is 10.5. The molecule has 3 aromatic rings. The van der Waals surface area contributed by atoms with Crippen LogP contribution in [0.25, 0.3) is 0 Å². The summed E-state index contributed by atoms with van der Waals surface area (Å²) in [6.07, 6.45) is -3.06. The number of hydrogen-bond donors (Lipinski definition) is 4. The molecule has 0 bridgehead atoms. The number of anilines is 3. The van der Waals surface area contributed by atoms with Crippen LogP contribution in [0, 0.1) is 5.41 Å². The van der Waals surface area contributed by atoms with Crippen LogP contribution in [0.1, 0.15) is 68.1 Å². The molecule has 13 heteroatoms. The number of nitrogens with zero attached hydrogens (tertiary/aromatic N) is 3. The highest BCUT2D eigenvalue weighted by atomic mass is 19.4. The maximum Gasteiger partial charge on any atom is 0.416 e. The van der Waals surface area contributed by atoms with Crippen molar-refractivity contribution in [3.8, 4) is 0 Å². The van der Waals surface area contributed by atoms with E-state index in [0.29, 0.717) is 36.6 Å². The Balaban J connectivity index is 0.00000248. The summed E-state index contributed by atoms with van der Waals surface area (Å²) < 4.78 is 44.4. The number of nitrogens with two attached hydrogens (primary N) is 1. The fraction of sp³-hybridized carbons (Fsp3) is 0.367. The first-order valence-electron chi connectivity index (χ1n) is 13.7. The molecule has 0 aliphatic carbocycles. The molecule has 2 amide bonds. The molecule has 0 saturated carbocycles. The predicted octanol–water partition coefficient (Wildman–Crippen LogP) is 6.19. The van der Waals surface area contributed by atoms with E-state index in [1.54, 1.807) is 37.8 Å². The number of rotatable bonds is 6. The summed E-state index contributed by atoms with van der Waals surface area (Å²) in [7, 11) is 0. The van der Waals surface area contributed by atoms with Crippen molar-refractivity contribution >= 4 is 35.0 Å². The Kier molecular flexibility index (Phi) is 10.3. The number of halogens is 3. The van der Waals surface area contributed by atoms with Crippen molar-refractivity contribution in [1.29, 1.82) is 5.41 Å². The number of nitrogen functional groups attached to an aromatic ring is 1. The number of aromatic nitrogens is 2. The summed E-state index contributed by atoms with van der Waals surface area (Å²) in [5.74, 6) is -0.292. The number of carbonyl (C=O) groups is 2. The minimum atomic E-state index is -4.57. The molecule has 0 spiro atoms. The van der Waals surface area contributed by atoms with Gasteiger partial charge in [0.25, 0.3) is 5.91 Å². The largest absolute Gasteiger partial charge is 0.444 e. The molecule has 1 saturated heterocycles. The third-order valence-electron chi connectivity index (χ3n) is 6.19. The molecule has 1 aromatic heterocycles. The van der Waals surface area contributed by atoms with Crippen molar-refractivity contribution in [3.63, 3.8) is 0 Å². The van der Waals surface area contributed by atoms with Gasteiger partial charge in [0, 0.05) is 35.9 Å². The van der Waals surface area contributed by atoms with Crippen LogP contribution in [0.4, 0.5) is 35.3 Å². The minimum Gasteiger partial charge on any atom is -0.444 e. The Morgan fingerprint density at radius 2 is 1.72 bits per heavy atom. The zero-order valence-corrected chi connectivity index (χ0v) is 24.7. The highest BCUT2D eigenvalue weighted by Crippen LogP contribution is 2.30. The van der Waals surface area contributed by atoms with Gasteiger partial charge >= 0.3 is 12.3 Å². The number of likely N-dealkylation sites (tertiary alicyclic amines) is 1. The van der Waals surface area contributed by atoms with Crippen molar-refractivity contribution in [3.05, 3.63) is 77.1 Å². The van der Waals surface area contributed by atoms with Gasteiger partial charge < -0.3 is 26.0 Å². The fourth-order valence-corrected chi connectivity index (χ4v) is 4.22. The number of ether oxygens (including phenoxy) is 1. The van der Waals surface area contributed by atoms with Gasteiger partial charge in [0.05, 0.1) is 16.8 Å². The lowest BCUT2D eigenvalue weighted by Crippen LogP contribution is -2.36. The lowest BCUT2D eigenvalue weighted by atomic mass is 10.0. The van der Waals surface area contributed by atoms with Gasteiger partial charge in [-0.25, -0.2) is 14.8 Å². The number of nitrogens with one attached hydrogen (secondary N) is 3. The SMILES string of the molecule is CC.CC(C)(C)OC(=O)N1CCC(Nc2ncnc(N)c2C(=N)c2ccc(NC(=O)c3cccc(C(F)(F)F)c3)cc2)C1. The van der Waals surface area contributed by atoms with Gasteiger partial charge in [-0.15, -0.1) is 0 Å². The predicted molar refractivity (Wildman–Crippen MR) is 159 cm³/mol. The van der Waals surface area contributed by atoms with Gasteiger partial charge in [0.2, 0.25) is 0 Å². The fourth-order valence-electron chi connectivity index (χ4n) is 4.22. The third-order valence-corrected chi connectivity index (χ3v) is 6.19. The quantitative estimate of drug-likeness (QED) is 0.247. The second kappa shape index (κ2) is 13.5. The normalized spacial score (nSPS) is 14.8. The average molecular weight is 600 g/mol. The van der Waals surface area contributed by atoms with E-state index in [4.69, 9.17) is 15.9 Å². The van der Waals surface area contributed by atoms with Gasteiger partial charge in [0.1, 0.15) is 23.6 Å². The summed E-state index contributed by atoms with van der Waals surface area (Å²) in [5.41, 5.74) is 5.51. The Hall–Kier alpha value is -4.68. The third kappa shape index (κ3) is 8.66. The van der Waals surface area contributed by atoms with E-state index in [-0.39, 0.29) is 28.7 Å². The van der Waals surface area contributed by atoms with E-state index < -0.39 is 29.3 Å². The van der Waals surface area contributed by atoms with Gasteiger partial charge in [0.15, 0.2) is 0 Å². The maximum absolute atomic E-state index is 13.0. The zero-order chi connectivity index (χ0) is 31.9. The molecule has 10 nitrogen and oxygen atoms in total. The summed E-state index contributed by atoms with van der Waals surface area (Å²) in [6.45, 7) is 10.3. The molecule has 43 heavy (non-hydrogen) atoms. The van der Waals surface area contributed by atoms with E-state index in [2.05, 4.69) is 20.6 Å². The topological polar surface area (TPSA) is 146 Å². The molecule has 1 aliphatic heterocycles. The van der Waals surface area contributed by atoms with Crippen molar-refractivity contribution in [2.75, 3.05) is 29.5 Å². The van der Waals surface area contributed by atoms with Crippen LogP contribution in [0.3, 0.4) is 0 Å². The molecule has 0 radical (unpaired) electrons. The number of carbonyl (C=O) groups excluding carboxylic acids is 2. The summed E-state index contributed by atoms with van der Waals surface area (Å²) in [4.78, 5) is 34.9. The minimum absolute atomic E-state index is 0.0170. The highest BCUT2D eigenvalue weighted by molar-refractivity contribution is 6.16. The lowest BCUT2D eigenvalue weighted by molar-refractivity contribution is -0.137. The molecule has 2 aromatic carbocycles. The Bertz CT molecular complexity index is 1450. The van der Waals surface area contributed by atoms with Gasteiger partial charge in [-0.2, -0.15) is 13.2 Å². The Morgan fingerprint density at radius 1 is 1.05 bits per heavy atom. The molecule has 5 N–H and O–H groups in total. The van der Waals surface area contributed by atoms with Crippen LogP contribution in [-0.2, 0) is 10.9 Å². The van der Waals surface area contributed by atoms with Crippen LogP contribution in [0.5, 0.6) is 0 Å². The molecular formula is C30H36F3N7O3. The summed E-state index contributed by atoms with van der Waals surface area (Å²) >= 11 is 0. The molecule has 2 heterocycles. The van der Waals surface area contributed by atoms with Gasteiger partial charge in [-0.1, -0.05) is 32.0 Å². The number of hydrogen-bond acceptors (Lipinski definition) is 8. The van der Waals surface area contributed by atoms with Crippen LogP contribution >= 0.6 is 0 Å². The first kappa shape index (κ1) is 32.8. The highest BCUT2D eigenvalue weighted by Gasteiger charge is 2.32. The van der Waals surface area contributed by atoms with Gasteiger partial charge in [-0.05, 0) is 57.5 Å². The zero-order valence-electron chi connectivity index (χ0n) is 24.7. The van der Waals surface area contributed by atoms with Crippen LogP contribution < -0.4 is 16.4 Å². The van der Waals surface area contributed by atoms with E-state index in [9.17, 15) is 22.8 Å². The van der Waals surface area contributed by atoms with Gasteiger partial charge in [-0.3, -0.25) is 10.2 Å². The van der Waals surface area contributed by atoms with Crippen molar-refractivity contribution < 1.29 is 27.5 Å². The summed E-state index contributed by atoms with van der Waals surface area (Å²) in [5, 5.41) is 14.6. The molecule has 1 aliphatic rings. The molecule has 230 valence electrons. The Morgan fingerprint density at radius 3 is 2.35 bits per heavy atom. The number of benzene rings is 2. The standard InChI is InChI=1S/C28H30F3N7O3.C2H6/c1-27(2,3)41-26(40)38-12-11-20(14-38)36-24-21(23(33)34-15-35-24)22(32)16-7-9-19(10-8-16)37-25(39)17-5-4-6-18(13-17)28(29,30)31;1-2/h4-10,13,15,20,32H,11-12,14H2,1-3H3,(H,37,39)(H3,33,34,35,36);1-2H3. The van der Waals surface area contributed by atoms with E-state index in [1.165, 1.54) is 30.6 Å². The molecule has 1 unspecified atom stereocenters. The van der Waals surface area contributed by atoms with E-state index in [0.717, 1.165) is 12.1 Å². The van der Waals surface area contributed by atoms with Crippen LogP contribution in [0.2, 0.25) is 0 Å². The smallest absolute Gasteiger partial charge is 0.416 e. The second-order valence-corrected chi connectivity index (χ2v) is 10.5. The molecule has 1 fully saturated rings.